The predicted octanol–water partition coefficient (Wildman–Crippen LogP) is 7.41. The maximum absolute atomic E-state index is 11.7. The summed E-state index contributed by atoms with van der Waals surface area (Å²) in [6.45, 7) is 7.00. The van der Waals surface area contributed by atoms with Gasteiger partial charge in [-0.05, 0) is 73.6 Å². The number of furan rings is 1. The first kappa shape index (κ1) is 23.6. The van der Waals surface area contributed by atoms with E-state index in [0.29, 0.717) is 11.7 Å². The average molecular weight is 452 g/mol. The van der Waals surface area contributed by atoms with Gasteiger partial charge in [-0.25, -0.2) is 9.79 Å². The highest BCUT2D eigenvalue weighted by Crippen LogP contribution is 2.44. The van der Waals surface area contributed by atoms with E-state index in [1.165, 1.54) is 62.5 Å². The minimum atomic E-state index is -0.515. The number of rotatable bonds is 10. The number of hydrogen-bond acceptors (Lipinski definition) is 5. The highest BCUT2D eigenvalue weighted by molar-refractivity contribution is 6.05. The van der Waals surface area contributed by atoms with Crippen LogP contribution in [-0.2, 0) is 4.74 Å². The van der Waals surface area contributed by atoms with Crippen molar-refractivity contribution in [1.29, 1.82) is 0 Å². The molecule has 0 aromatic carbocycles. The summed E-state index contributed by atoms with van der Waals surface area (Å²) in [6, 6.07) is 3.22. The topological polar surface area (TPSA) is 61.0 Å². The fourth-order valence-electron chi connectivity index (χ4n) is 5.11. The second kappa shape index (κ2) is 10.6. The van der Waals surface area contributed by atoms with Crippen LogP contribution in [0.3, 0.4) is 0 Å². The highest BCUT2D eigenvalue weighted by atomic mass is 16.6. The molecular weight excluding hydrogens is 414 g/mol. The SMILES string of the molecule is COC(=O)c1ccc(OC2=C3N=C4CCCCC4=C3C(CCC(C)CCCC(C)C)C=C2)o1. The minimum absolute atomic E-state index is 0.132. The molecule has 1 aromatic heterocycles. The molecule has 2 atom stereocenters. The number of nitrogens with zero attached hydrogens (tertiary/aromatic N) is 1. The monoisotopic (exact) mass is 451 g/mol. The summed E-state index contributed by atoms with van der Waals surface area (Å²) in [6.07, 6.45) is 15.2. The van der Waals surface area contributed by atoms with Gasteiger partial charge >= 0.3 is 5.97 Å². The maximum Gasteiger partial charge on any atom is 0.374 e. The molecule has 5 heteroatoms. The largest absolute Gasteiger partial charge is 0.463 e. The third-order valence-corrected chi connectivity index (χ3v) is 6.98. The van der Waals surface area contributed by atoms with Gasteiger partial charge in [0.2, 0.25) is 5.76 Å². The van der Waals surface area contributed by atoms with Crippen molar-refractivity contribution in [2.75, 3.05) is 7.11 Å². The molecule has 1 aromatic rings. The maximum atomic E-state index is 11.7. The second-order valence-electron chi connectivity index (χ2n) is 10.1. The summed E-state index contributed by atoms with van der Waals surface area (Å²) in [5.74, 6) is 2.50. The first-order valence-corrected chi connectivity index (χ1v) is 12.6. The van der Waals surface area contributed by atoms with Crippen LogP contribution in [0, 0.1) is 17.8 Å². The molecule has 0 amide bonds. The van der Waals surface area contributed by atoms with Gasteiger partial charge in [0, 0.05) is 17.7 Å². The molecule has 2 aliphatic carbocycles. The molecule has 0 radical (unpaired) electrons. The number of hydrogen-bond donors (Lipinski definition) is 0. The fraction of sp³-hybridized carbons (Fsp3) is 0.571. The van der Waals surface area contributed by atoms with E-state index in [-0.39, 0.29) is 11.7 Å². The summed E-state index contributed by atoms with van der Waals surface area (Å²) in [5, 5.41) is 0. The van der Waals surface area contributed by atoms with Crippen LogP contribution in [0.25, 0.3) is 0 Å². The Morgan fingerprint density at radius 2 is 1.97 bits per heavy atom. The quantitative estimate of drug-likeness (QED) is 0.347. The Bertz CT molecular complexity index is 991. The van der Waals surface area contributed by atoms with Crippen molar-refractivity contribution in [3.05, 3.63) is 52.6 Å². The Hall–Kier alpha value is -2.56. The molecule has 2 unspecified atom stereocenters. The number of methoxy groups -OCH3 is 1. The lowest BCUT2D eigenvalue weighted by atomic mass is 9.80. The third kappa shape index (κ3) is 5.51. The number of allylic oxidation sites excluding steroid dienone is 4. The molecule has 5 nitrogen and oxygen atoms in total. The lowest BCUT2D eigenvalue weighted by Gasteiger charge is -2.25. The van der Waals surface area contributed by atoms with Crippen molar-refractivity contribution in [3.8, 4) is 5.95 Å². The Balaban J connectivity index is 1.49. The van der Waals surface area contributed by atoms with E-state index < -0.39 is 5.97 Å². The second-order valence-corrected chi connectivity index (χ2v) is 10.1. The zero-order valence-electron chi connectivity index (χ0n) is 20.5. The Morgan fingerprint density at radius 3 is 2.76 bits per heavy atom. The number of esters is 1. The van der Waals surface area contributed by atoms with E-state index in [9.17, 15) is 4.79 Å². The van der Waals surface area contributed by atoms with Crippen LogP contribution in [0.1, 0.15) is 89.1 Å². The third-order valence-electron chi connectivity index (χ3n) is 6.98. The van der Waals surface area contributed by atoms with E-state index in [1.807, 2.05) is 6.08 Å². The van der Waals surface area contributed by atoms with Gasteiger partial charge in [0.1, 0.15) is 5.70 Å². The van der Waals surface area contributed by atoms with Crippen molar-refractivity contribution in [1.82, 2.24) is 0 Å². The van der Waals surface area contributed by atoms with Crippen LogP contribution < -0.4 is 4.74 Å². The van der Waals surface area contributed by atoms with Crippen molar-refractivity contribution in [2.45, 2.75) is 78.6 Å². The van der Waals surface area contributed by atoms with E-state index in [1.54, 1.807) is 12.1 Å². The number of fused-ring (bicyclic) bond motifs is 2. The molecule has 0 saturated heterocycles. The Morgan fingerprint density at radius 1 is 1.15 bits per heavy atom. The first-order valence-electron chi connectivity index (χ1n) is 12.6. The molecule has 1 fully saturated rings. The lowest BCUT2D eigenvalue weighted by molar-refractivity contribution is 0.0559. The van der Waals surface area contributed by atoms with E-state index in [0.717, 1.165) is 36.8 Å². The summed E-state index contributed by atoms with van der Waals surface area (Å²) in [4.78, 5) is 16.7. The molecule has 0 bridgehead atoms. The van der Waals surface area contributed by atoms with E-state index in [4.69, 9.17) is 18.9 Å². The standard InChI is InChI=1S/C28H37NO4/c1-18(2)8-7-9-19(3)12-13-20-14-15-23(32-25-17-16-24(33-25)28(30)31-4)27-26(20)21-10-5-6-11-22(21)29-27/h14-20H,5-13H2,1-4H3. The normalized spacial score (nSPS) is 20.6. The minimum Gasteiger partial charge on any atom is -0.463 e. The van der Waals surface area contributed by atoms with Crippen molar-refractivity contribution in [3.63, 3.8) is 0 Å². The summed E-state index contributed by atoms with van der Waals surface area (Å²) in [7, 11) is 1.33. The summed E-state index contributed by atoms with van der Waals surface area (Å²) in [5.41, 5.74) is 4.99. The molecule has 1 aliphatic heterocycles. The number of carbonyl (C=O) groups is 1. The summed E-state index contributed by atoms with van der Waals surface area (Å²) >= 11 is 0. The van der Waals surface area contributed by atoms with Gasteiger partial charge < -0.3 is 13.9 Å². The zero-order valence-corrected chi connectivity index (χ0v) is 20.5. The first-order chi connectivity index (χ1) is 16.0. The van der Waals surface area contributed by atoms with Crippen LogP contribution in [0.15, 0.2) is 56.3 Å². The van der Waals surface area contributed by atoms with Gasteiger partial charge in [0.05, 0.1) is 7.11 Å². The van der Waals surface area contributed by atoms with Crippen LogP contribution in [0.5, 0.6) is 5.95 Å². The van der Waals surface area contributed by atoms with E-state index in [2.05, 4.69) is 26.8 Å². The molecule has 1 saturated carbocycles. The molecule has 3 aliphatic rings. The molecule has 33 heavy (non-hydrogen) atoms. The Labute approximate surface area is 197 Å². The zero-order chi connectivity index (χ0) is 23.4. The summed E-state index contributed by atoms with van der Waals surface area (Å²) < 4.78 is 16.3. The van der Waals surface area contributed by atoms with Crippen LogP contribution in [-0.4, -0.2) is 18.8 Å². The fourth-order valence-corrected chi connectivity index (χ4v) is 5.11. The van der Waals surface area contributed by atoms with Crippen molar-refractivity contribution in [2.24, 2.45) is 22.7 Å². The smallest absolute Gasteiger partial charge is 0.374 e. The number of aliphatic imine (C=N–C) groups is 1. The van der Waals surface area contributed by atoms with Crippen LogP contribution in [0.2, 0.25) is 0 Å². The van der Waals surface area contributed by atoms with E-state index >= 15 is 0 Å². The average Bonchev–Trinajstić information content (AvgIpc) is 3.43. The Kier molecular flexibility index (Phi) is 7.56. The van der Waals surface area contributed by atoms with Crippen molar-refractivity contribution >= 4 is 11.7 Å². The van der Waals surface area contributed by atoms with Crippen LogP contribution >= 0.6 is 0 Å². The van der Waals surface area contributed by atoms with Gasteiger partial charge in [-0.15, -0.1) is 0 Å². The van der Waals surface area contributed by atoms with Gasteiger partial charge in [-0.2, -0.15) is 0 Å². The van der Waals surface area contributed by atoms with Crippen molar-refractivity contribution < 1.29 is 18.7 Å². The molecule has 4 rings (SSSR count). The van der Waals surface area contributed by atoms with Crippen LogP contribution in [0.4, 0.5) is 0 Å². The number of ether oxygens (including phenoxy) is 2. The van der Waals surface area contributed by atoms with Gasteiger partial charge in [0.15, 0.2) is 5.76 Å². The molecule has 2 heterocycles. The van der Waals surface area contributed by atoms with Gasteiger partial charge in [-0.3, -0.25) is 0 Å². The molecule has 0 spiro atoms. The molecule has 178 valence electrons. The molecular formula is C28H37NO4. The highest BCUT2D eigenvalue weighted by Gasteiger charge is 2.34. The van der Waals surface area contributed by atoms with Gasteiger partial charge in [0.25, 0.3) is 5.95 Å². The lowest BCUT2D eigenvalue weighted by Crippen LogP contribution is -2.14. The number of carbonyl (C=O) groups excluding carboxylic acids is 1. The molecule has 0 N–H and O–H groups in total. The predicted molar refractivity (Wildman–Crippen MR) is 130 cm³/mol. The van der Waals surface area contributed by atoms with Gasteiger partial charge in [-0.1, -0.05) is 46.1 Å².